The number of benzene rings is 2. The zero-order chi connectivity index (χ0) is 25.5. The maximum Gasteiger partial charge on any atom is 1.00 e. The third-order valence-corrected chi connectivity index (χ3v) is 6.89. The van der Waals surface area contributed by atoms with E-state index in [1.807, 2.05) is 36.4 Å². The lowest BCUT2D eigenvalue weighted by atomic mass is 9.83. The van der Waals surface area contributed by atoms with Gasteiger partial charge in [-0.2, -0.15) is 0 Å². The number of aromatic nitrogens is 2. The van der Waals surface area contributed by atoms with E-state index >= 15 is 0 Å². The molecular weight excluding hydrogens is 494 g/mol. The largest absolute Gasteiger partial charge is 1.00 e. The molecule has 1 atom stereocenters. The molecule has 1 aromatic heterocycles. The molecule has 37 heavy (non-hydrogen) atoms. The van der Waals surface area contributed by atoms with Crippen LogP contribution in [0, 0.1) is 5.92 Å². The highest BCUT2D eigenvalue weighted by atomic mass is 35.5. The molecular formula is C28H34ClN3O5. The number of nitrogens with one attached hydrogen (secondary N) is 1. The molecule has 1 fully saturated rings. The number of halogens is 1. The minimum atomic E-state index is -0.439. The second-order valence-corrected chi connectivity index (χ2v) is 9.18. The molecule has 1 saturated carbocycles. The van der Waals surface area contributed by atoms with E-state index in [2.05, 4.69) is 9.88 Å². The summed E-state index contributed by atoms with van der Waals surface area (Å²) in [5.41, 5.74) is 2.97. The molecule has 0 spiro atoms. The fraction of sp³-hybridized carbons (Fsp3) is 0.429. The van der Waals surface area contributed by atoms with Gasteiger partial charge in [0.15, 0.2) is 0 Å². The normalized spacial score (nSPS) is 14.4. The van der Waals surface area contributed by atoms with E-state index in [0.29, 0.717) is 24.4 Å². The van der Waals surface area contributed by atoms with Crippen molar-refractivity contribution >= 4 is 28.9 Å². The first-order valence-corrected chi connectivity index (χ1v) is 12.5. The molecule has 1 heterocycles. The molecule has 8 nitrogen and oxygen atoms in total. The summed E-state index contributed by atoms with van der Waals surface area (Å²) < 4.78 is 11.6. The number of carbonyl (C=O) groups is 3. The van der Waals surface area contributed by atoms with Gasteiger partial charge in [-0.25, -0.2) is 9.78 Å². The number of carbonyl (C=O) groups excluding carboxylic acids is 3. The van der Waals surface area contributed by atoms with Crippen molar-refractivity contribution in [1.29, 1.82) is 0 Å². The van der Waals surface area contributed by atoms with Gasteiger partial charge < -0.3 is 31.8 Å². The lowest BCUT2D eigenvalue weighted by Gasteiger charge is -2.32. The Morgan fingerprint density at radius 2 is 1.73 bits per heavy atom. The molecule has 0 aliphatic heterocycles. The maximum absolute atomic E-state index is 13.7. The van der Waals surface area contributed by atoms with Gasteiger partial charge in [-0.05, 0) is 49.4 Å². The van der Waals surface area contributed by atoms with Gasteiger partial charge in [0.1, 0.15) is 11.9 Å². The average Bonchev–Trinajstić information content (AvgIpc) is 3.30. The molecule has 1 aliphatic carbocycles. The standard InChI is InChI=1S/C28H33N3O5.ClH/c1-35-24(32)13-8-18-29-27(33)25(19-9-4-3-5-10-19)31-23-12-7-6-11-22(23)30-26(31)20-14-16-21(17-15-20)28(34)36-2;/h6-7,11-12,14-17,19,25H,3-5,8-10,13,18H2,1-2H3,(H,29,33);1H. The zero-order valence-corrected chi connectivity index (χ0v) is 22.0. The number of ether oxygens (including phenoxy) is 2. The summed E-state index contributed by atoms with van der Waals surface area (Å²) in [6.07, 6.45) is 6.07. The van der Waals surface area contributed by atoms with E-state index in [-0.39, 0.29) is 38.0 Å². The van der Waals surface area contributed by atoms with E-state index < -0.39 is 12.0 Å². The molecule has 0 bridgehead atoms. The second kappa shape index (κ2) is 13.2. The van der Waals surface area contributed by atoms with Gasteiger partial charge in [0.2, 0.25) is 5.91 Å². The van der Waals surface area contributed by atoms with Crippen LogP contribution in [0.15, 0.2) is 48.5 Å². The highest BCUT2D eigenvalue weighted by Gasteiger charge is 2.34. The van der Waals surface area contributed by atoms with Gasteiger partial charge in [-0.3, -0.25) is 9.59 Å². The molecule has 1 amide bonds. The third-order valence-electron chi connectivity index (χ3n) is 6.89. The minimum absolute atomic E-state index is 0. The van der Waals surface area contributed by atoms with Crippen molar-refractivity contribution in [2.45, 2.75) is 51.0 Å². The molecule has 1 unspecified atom stereocenters. The molecule has 4 rings (SSSR count). The SMILES string of the molecule is COC(=O)CCCNC(=O)C(C1CCCCC1)n1c(-c2ccc(C(=O)OC)cc2)nc2ccccc21.[Cl-].[H+]. The predicted molar refractivity (Wildman–Crippen MR) is 137 cm³/mol. The second-order valence-electron chi connectivity index (χ2n) is 9.18. The van der Waals surface area contributed by atoms with Crippen LogP contribution < -0.4 is 17.7 Å². The van der Waals surface area contributed by atoms with Crippen LogP contribution in [-0.2, 0) is 19.1 Å². The van der Waals surface area contributed by atoms with Crippen LogP contribution in [0.2, 0.25) is 0 Å². The molecule has 1 N–H and O–H groups in total. The summed E-state index contributed by atoms with van der Waals surface area (Å²) in [4.78, 5) is 42.1. The van der Waals surface area contributed by atoms with Gasteiger partial charge >= 0.3 is 13.4 Å². The molecule has 0 saturated heterocycles. The van der Waals surface area contributed by atoms with Gasteiger partial charge in [0.25, 0.3) is 0 Å². The lowest BCUT2D eigenvalue weighted by Crippen LogP contribution is -3.00. The number of fused-ring (bicyclic) bond motifs is 1. The number of nitrogens with zero attached hydrogens (tertiary/aromatic N) is 2. The quantitative estimate of drug-likeness (QED) is 0.336. The third kappa shape index (κ3) is 6.49. The highest BCUT2D eigenvalue weighted by molar-refractivity contribution is 5.91. The van der Waals surface area contributed by atoms with Crippen molar-refractivity contribution in [2.75, 3.05) is 20.8 Å². The van der Waals surface area contributed by atoms with E-state index in [4.69, 9.17) is 14.5 Å². The summed E-state index contributed by atoms with van der Waals surface area (Å²) in [6, 6.07) is 14.5. The van der Waals surface area contributed by atoms with Crippen molar-refractivity contribution in [3.8, 4) is 11.4 Å². The monoisotopic (exact) mass is 527 g/mol. The van der Waals surface area contributed by atoms with Gasteiger partial charge in [-0.15, -0.1) is 0 Å². The number of amides is 1. The first-order chi connectivity index (χ1) is 17.5. The van der Waals surface area contributed by atoms with E-state index in [1.165, 1.54) is 20.6 Å². The van der Waals surface area contributed by atoms with E-state index in [1.54, 1.807) is 12.1 Å². The van der Waals surface area contributed by atoms with Crippen molar-refractivity contribution in [2.24, 2.45) is 5.92 Å². The summed E-state index contributed by atoms with van der Waals surface area (Å²) in [7, 11) is 2.72. The first-order valence-electron chi connectivity index (χ1n) is 12.5. The smallest absolute Gasteiger partial charge is 1.00 e. The molecule has 0 radical (unpaired) electrons. The Morgan fingerprint density at radius 3 is 2.41 bits per heavy atom. The molecule has 198 valence electrons. The summed E-state index contributed by atoms with van der Waals surface area (Å²) in [6.45, 7) is 0.396. The average molecular weight is 528 g/mol. The zero-order valence-electron chi connectivity index (χ0n) is 22.2. The number of rotatable bonds is 9. The number of methoxy groups -OCH3 is 2. The minimum Gasteiger partial charge on any atom is -1.00 e. The Labute approximate surface area is 224 Å². The number of esters is 2. The van der Waals surface area contributed by atoms with E-state index in [9.17, 15) is 14.4 Å². The predicted octanol–water partition coefficient (Wildman–Crippen LogP) is 1.80. The Morgan fingerprint density at radius 1 is 1.03 bits per heavy atom. The Bertz CT molecular complexity index is 1220. The number of hydrogen-bond acceptors (Lipinski definition) is 6. The van der Waals surface area contributed by atoms with Crippen LogP contribution in [0.25, 0.3) is 22.4 Å². The van der Waals surface area contributed by atoms with Crippen LogP contribution in [0.4, 0.5) is 0 Å². The Hall–Kier alpha value is -3.39. The van der Waals surface area contributed by atoms with E-state index in [0.717, 1.165) is 42.3 Å². The molecule has 3 aromatic rings. The summed E-state index contributed by atoms with van der Waals surface area (Å²) >= 11 is 0. The van der Waals surface area contributed by atoms with Crippen molar-refractivity contribution < 1.29 is 37.7 Å². The van der Waals surface area contributed by atoms with Crippen LogP contribution in [0.3, 0.4) is 0 Å². The van der Waals surface area contributed by atoms with Crippen molar-refractivity contribution in [3.05, 3.63) is 54.1 Å². The van der Waals surface area contributed by atoms with Crippen LogP contribution in [-0.4, -0.2) is 48.2 Å². The molecule has 2 aromatic carbocycles. The molecule has 9 heteroatoms. The van der Waals surface area contributed by atoms with Crippen molar-refractivity contribution in [1.82, 2.24) is 14.9 Å². The summed E-state index contributed by atoms with van der Waals surface area (Å²) in [5.74, 6) is 0.105. The Balaban J connectivity index is 0.00000253. The lowest BCUT2D eigenvalue weighted by molar-refractivity contribution is -0.140. The summed E-state index contributed by atoms with van der Waals surface area (Å²) in [5, 5.41) is 3.07. The van der Waals surface area contributed by atoms with Crippen molar-refractivity contribution in [3.63, 3.8) is 0 Å². The number of imidazole rings is 1. The first kappa shape index (κ1) is 28.2. The number of hydrogen-bond donors (Lipinski definition) is 1. The van der Waals surface area contributed by atoms with Gasteiger partial charge in [0.05, 0.1) is 30.8 Å². The van der Waals surface area contributed by atoms with Gasteiger partial charge in [-0.1, -0.05) is 43.5 Å². The topological polar surface area (TPSA) is 99.5 Å². The molecule has 1 aliphatic rings. The maximum atomic E-state index is 13.7. The highest BCUT2D eigenvalue weighted by Crippen LogP contribution is 2.38. The fourth-order valence-electron chi connectivity index (χ4n) is 5.05. The van der Waals surface area contributed by atoms with Crippen LogP contribution >= 0.6 is 0 Å². The Kier molecular flexibility index (Phi) is 10.1. The van der Waals surface area contributed by atoms with Gasteiger partial charge in [0, 0.05) is 18.5 Å². The van der Waals surface area contributed by atoms with Crippen LogP contribution in [0.5, 0.6) is 0 Å². The fourth-order valence-corrected chi connectivity index (χ4v) is 5.05. The number of para-hydroxylation sites is 2. The van der Waals surface area contributed by atoms with Crippen LogP contribution in [0.1, 0.15) is 62.8 Å².